The molecule has 1 saturated heterocycles. The maximum atomic E-state index is 2.78. The van der Waals surface area contributed by atoms with Crippen molar-refractivity contribution in [2.24, 2.45) is 11.8 Å². The first-order valence-corrected chi connectivity index (χ1v) is 7.25. The predicted octanol–water partition coefficient (Wildman–Crippen LogP) is 2.20. The molecule has 0 aromatic heterocycles. The van der Waals surface area contributed by atoms with Crippen molar-refractivity contribution in [2.45, 2.75) is 44.6 Å². The third-order valence-corrected chi connectivity index (χ3v) is 5.37. The first-order valence-electron chi connectivity index (χ1n) is 7.25. The molecule has 16 heavy (non-hydrogen) atoms. The number of hydrogen-bond acceptors (Lipinski definition) is 2. The molecule has 0 aromatic carbocycles. The van der Waals surface area contributed by atoms with E-state index >= 15 is 0 Å². The Morgan fingerprint density at radius 2 is 1.19 bits per heavy atom. The van der Waals surface area contributed by atoms with Crippen LogP contribution in [0.2, 0.25) is 0 Å². The van der Waals surface area contributed by atoms with Crippen molar-refractivity contribution in [3.63, 3.8) is 0 Å². The number of nitrogens with zero attached hydrogens (tertiary/aromatic N) is 2. The minimum Gasteiger partial charge on any atom is -0.304 e. The highest BCUT2D eigenvalue weighted by atomic mass is 15.3. The van der Waals surface area contributed by atoms with Crippen LogP contribution in [0, 0.1) is 11.8 Å². The molecule has 2 unspecified atom stereocenters. The molecule has 3 aliphatic rings. The average molecular weight is 222 g/mol. The van der Waals surface area contributed by atoms with Gasteiger partial charge in [-0.1, -0.05) is 0 Å². The van der Waals surface area contributed by atoms with E-state index in [9.17, 15) is 0 Å². The average Bonchev–Trinajstić information content (AvgIpc) is 2.39. The lowest BCUT2D eigenvalue weighted by Gasteiger charge is -2.37. The number of hydrogen-bond donors (Lipinski definition) is 0. The largest absolute Gasteiger partial charge is 0.304 e. The van der Waals surface area contributed by atoms with Gasteiger partial charge >= 0.3 is 0 Å². The molecule has 0 aromatic rings. The van der Waals surface area contributed by atoms with Gasteiger partial charge in [0.15, 0.2) is 0 Å². The van der Waals surface area contributed by atoms with E-state index in [0.717, 1.165) is 17.9 Å². The standard InChI is InChI=1S/C14H26N2/c1-15-8-10-16(11-9-15)14-6-4-12-2-3-13(12)5-7-14/h12-14H,2-11H2,1H3. The van der Waals surface area contributed by atoms with Crippen LogP contribution in [0.1, 0.15) is 38.5 Å². The van der Waals surface area contributed by atoms with Crippen molar-refractivity contribution in [3.05, 3.63) is 0 Å². The summed E-state index contributed by atoms with van der Waals surface area (Å²) in [5, 5.41) is 0. The SMILES string of the molecule is CN1CCN(C2CCC3CCC3CC2)CC1. The Hall–Kier alpha value is -0.0800. The predicted molar refractivity (Wildman–Crippen MR) is 67.5 cm³/mol. The number of rotatable bonds is 1. The Morgan fingerprint density at radius 3 is 1.69 bits per heavy atom. The molecule has 2 heteroatoms. The second kappa shape index (κ2) is 4.66. The summed E-state index contributed by atoms with van der Waals surface area (Å²) in [6.45, 7) is 5.19. The van der Waals surface area contributed by atoms with Gasteiger partial charge in [0.05, 0.1) is 0 Å². The van der Waals surface area contributed by atoms with Gasteiger partial charge in [-0.15, -0.1) is 0 Å². The van der Waals surface area contributed by atoms with Crippen LogP contribution in [0.15, 0.2) is 0 Å². The van der Waals surface area contributed by atoms with E-state index in [2.05, 4.69) is 16.8 Å². The molecule has 2 atom stereocenters. The molecular weight excluding hydrogens is 196 g/mol. The van der Waals surface area contributed by atoms with E-state index < -0.39 is 0 Å². The monoisotopic (exact) mass is 222 g/mol. The van der Waals surface area contributed by atoms with E-state index in [1.165, 1.54) is 51.9 Å². The van der Waals surface area contributed by atoms with Gasteiger partial charge in [-0.05, 0) is 57.4 Å². The third-order valence-electron chi connectivity index (χ3n) is 5.37. The molecule has 0 amide bonds. The summed E-state index contributed by atoms with van der Waals surface area (Å²) in [4.78, 5) is 5.25. The van der Waals surface area contributed by atoms with Crippen LogP contribution in [0.5, 0.6) is 0 Å². The fourth-order valence-corrected chi connectivity index (χ4v) is 3.91. The van der Waals surface area contributed by atoms with Gasteiger partial charge in [0, 0.05) is 32.2 Å². The van der Waals surface area contributed by atoms with Crippen LogP contribution < -0.4 is 0 Å². The normalized spacial score (nSPS) is 42.2. The molecule has 2 saturated carbocycles. The molecule has 0 spiro atoms. The van der Waals surface area contributed by atoms with Gasteiger partial charge in [0.2, 0.25) is 0 Å². The highest BCUT2D eigenvalue weighted by Crippen LogP contribution is 2.44. The zero-order chi connectivity index (χ0) is 11.0. The molecule has 1 heterocycles. The quantitative estimate of drug-likeness (QED) is 0.671. The molecule has 0 N–H and O–H groups in total. The summed E-state index contributed by atoms with van der Waals surface area (Å²) in [5.41, 5.74) is 0. The zero-order valence-electron chi connectivity index (χ0n) is 10.7. The van der Waals surface area contributed by atoms with Crippen LogP contribution >= 0.6 is 0 Å². The fraction of sp³-hybridized carbons (Fsp3) is 1.00. The summed E-state index contributed by atoms with van der Waals surface area (Å²) in [6.07, 6.45) is 9.12. The number of fused-ring (bicyclic) bond motifs is 1. The molecule has 1 aliphatic heterocycles. The van der Waals surface area contributed by atoms with E-state index in [-0.39, 0.29) is 0 Å². The smallest absolute Gasteiger partial charge is 0.0113 e. The van der Waals surface area contributed by atoms with Crippen LogP contribution in [-0.4, -0.2) is 49.1 Å². The molecular formula is C14H26N2. The van der Waals surface area contributed by atoms with E-state index in [1.807, 2.05) is 0 Å². The summed E-state index contributed by atoms with van der Waals surface area (Å²) >= 11 is 0. The van der Waals surface area contributed by atoms with Gasteiger partial charge in [-0.2, -0.15) is 0 Å². The highest BCUT2D eigenvalue weighted by Gasteiger charge is 2.35. The van der Waals surface area contributed by atoms with Crippen molar-refractivity contribution in [1.82, 2.24) is 9.80 Å². The first-order chi connectivity index (χ1) is 7.83. The van der Waals surface area contributed by atoms with E-state index in [0.29, 0.717) is 0 Å². The lowest BCUT2D eigenvalue weighted by Crippen LogP contribution is -2.48. The fourth-order valence-electron chi connectivity index (χ4n) is 3.91. The molecule has 2 aliphatic carbocycles. The molecule has 0 radical (unpaired) electrons. The van der Waals surface area contributed by atoms with Crippen LogP contribution in [0.4, 0.5) is 0 Å². The van der Waals surface area contributed by atoms with Crippen LogP contribution in [-0.2, 0) is 0 Å². The topological polar surface area (TPSA) is 6.48 Å². The van der Waals surface area contributed by atoms with Gasteiger partial charge in [-0.3, -0.25) is 4.90 Å². The Labute approximate surface area is 100.0 Å². The zero-order valence-corrected chi connectivity index (χ0v) is 10.7. The third kappa shape index (κ3) is 2.14. The van der Waals surface area contributed by atoms with Crippen molar-refractivity contribution in [1.29, 1.82) is 0 Å². The molecule has 2 nitrogen and oxygen atoms in total. The molecule has 3 fully saturated rings. The lowest BCUT2D eigenvalue weighted by atomic mass is 9.71. The molecule has 3 rings (SSSR count). The van der Waals surface area contributed by atoms with Crippen molar-refractivity contribution in [3.8, 4) is 0 Å². The van der Waals surface area contributed by atoms with E-state index in [1.54, 1.807) is 12.8 Å². The maximum absolute atomic E-state index is 2.78. The number of piperazine rings is 1. The van der Waals surface area contributed by atoms with Crippen molar-refractivity contribution in [2.75, 3.05) is 33.2 Å². The second-order valence-corrected chi connectivity index (χ2v) is 6.25. The van der Waals surface area contributed by atoms with Crippen molar-refractivity contribution >= 4 is 0 Å². The van der Waals surface area contributed by atoms with Gasteiger partial charge in [0.1, 0.15) is 0 Å². The molecule has 92 valence electrons. The van der Waals surface area contributed by atoms with Crippen LogP contribution in [0.25, 0.3) is 0 Å². The Bertz CT molecular complexity index is 219. The second-order valence-electron chi connectivity index (χ2n) is 6.25. The first kappa shape index (κ1) is 11.0. The van der Waals surface area contributed by atoms with E-state index in [4.69, 9.17) is 0 Å². The minimum atomic E-state index is 0.930. The maximum Gasteiger partial charge on any atom is 0.0113 e. The van der Waals surface area contributed by atoms with Gasteiger partial charge in [-0.25, -0.2) is 0 Å². The summed E-state index contributed by atoms with van der Waals surface area (Å²) in [6, 6.07) is 0.930. The Balaban J connectivity index is 1.54. The number of likely N-dealkylation sites (N-methyl/N-ethyl adjacent to an activating group) is 1. The van der Waals surface area contributed by atoms with Crippen LogP contribution in [0.3, 0.4) is 0 Å². The minimum absolute atomic E-state index is 0.930. The summed E-state index contributed by atoms with van der Waals surface area (Å²) in [7, 11) is 2.25. The molecule has 0 bridgehead atoms. The lowest BCUT2D eigenvalue weighted by molar-refractivity contribution is 0.103. The Morgan fingerprint density at radius 1 is 0.688 bits per heavy atom. The van der Waals surface area contributed by atoms with Crippen molar-refractivity contribution < 1.29 is 0 Å². The summed E-state index contributed by atoms with van der Waals surface area (Å²) in [5.74, 6) is 2.25. The summed E-state index contributed by atoms with van der Waals surface area (Å²) < 4.78 is 0. The Kier molecular flexibility index (Phi) is 3.21. The van der Waals surface area contributed by atoms with Gasteiger partial charge in [0.25, 0.3) is 0 Å². The van der Waals surface area contributed by atoms with Gasteiger partial charge < -0.3 is 4.90 Å². The highest BCUT2D eigenvalue weighted by molar-refractivity contribution is 4.88.